The fourth-order valence-corrected chi connectivity index (χ4v) is 9.34. The monoisotopic (exact) mass is 785 g/mol. The van der Waals surface area contributed by atoms with E-state index in [4.69, 9.17) is 0 Å². The van der Waals surface area contributed by atoms with Gasteiger partial charge in [-0.3, -0.25) is 0 Å². The summed E-state index contributed by atoms with van der Waals surface area (Å²) in [7, 11) is 0. The Kier molecular flexibility index (Phi) is 8.55. The summed E-state index contributed by atoms with van der Waals surface area (Å²) in [5.41, 5.74) is 12.8. The fourth-order valence-electron chi connectivity index (χ4n) is 9.34. The van der Waals surface area contributed by atoms with Crippen LogP contribution in [0.1, 0.15) is 33.4 Å². The van der Waals surface area contributed by atoms with E-state index in [9.17, 15) is 5.26 Å². The van der Waals surface area contributed by atoms with Gasteiger partial charge in [-0.25, -0.2) is 0 Å². The molecule has 0 N–H and O–H groups in total. The molecule has 0 spiro atoms. The van der Waals surface area contributed by atoms with Crippen molar-refractivity contribution in [3.63, 3.8) is 0 Å². The Hall–Kier alpha value is -7.36. The van der Waals surface area contributed by atoms with Crippen molar-refractivity contribution in [2.45, 2.75) is 33.9 Å². The summed E-state index contributed by atoms with van der Waals surface area (Å²) in [5.74, 6) is 0. The van der Waals surface area contributed by atoms with Gasteiger partial charge in [-0.05, 0) is 103 Å². The third-order valence-corrected chi connectivity index (χ3v) is 12.0. The molecule has 0 aliphatic carbocycles. The van der Waals surface area contributed by atoms with E-state index < -0.39 is 11.7 Å². The molecule has 6 heteroatoms. The van der Waals surface area contributed by atoms with Crippen molar-refractivity contribution < 1.29 is 13.2 Å². The number of aromatic nitrogens is 2. The van der Waals surface area contributed by atoms with Gasteiger partial charge in [0.1, 0.15) is 11.6 Å². The lowest BCUT2D eigenvalue weighted by molar-refractivity contribution is -0.137. The normalized spacial score (nSPS) is 11.9. The molecule has 0 amide bonds. The van der Waals surface area contributed by atoms with E-state index in [1.165, 1.54) is 17.7 Å². The Morgan fingerprint density at radius 2 is 0.933 bits per heavy atom. The van der Waals surface area contributed by atoms with Crippen LogP contribution in [0.3, 0.4) is 0 Å². The van der Waals surface area contributed by atoms with E-state index in [-0.39, 0.29) is 11.1 Å². The lowest BCUT2D eigenvalue weighted by atomic mass is 9.94. The number of benzene rings is 8. The number of nitriles is 1. The Bertz CT molecular complexity index is 3430. The van der Waals surface area contributed by atoms with Crippen molar-refractivity contribution >= 4 is 43.6 Å². The van der Waals surface area contributed by atoms with Crippen LogP contribution in [-0.2, 0) is 6.18 Å². The van der Waals surface area contributed by atoms with Gasteiger partial charge in [0.05, 0.1) is 39.0 Å². The molecule has 0 saturated carbocycles. The smallest absolute Gasteiger partial charge is 0.308 e. The molecule has 10 aromatic rings. The number of para-hydroxylation sites is 2. The molecule has 0 unspecified atom stereocenters. The molecular weight excluding hydrogens is 748 g/mol. The molecule has 0 atom stereocenters. The minimum Gasteiger partial charge on any atom is -0.308 e. The first-order valence-electron chi connectivity index (χ1n) is 20.0. The third-order valence-electron chi connectivity index (χ3n) is 12.0. The molecule has 0 aliphatic rings. The molecule has 60 heavy (non-hydrogen) atoms. The highest BCUT2D eigenvalue weighted by atomic mass is 19.4. The highest BCUT2D eigenvalue weighted by molar-refractivity contribution is 6.13. The van der Waals surface area contributed by atoms with Crippen molar-refractivity contribution in [2.24, 2.45) is 0 Å². The zero-order chi connectivity index (χ0) is 41.4. The van der Waals surface area contributed by atoms with Gasteiger partial charge in [0, 0.05) is 27.1 Å². The molecule has 0 bridgehead atoms. The Morgan fingerprint density at radius 3 is 1.48 bits per heavy atom. The summed E-state index contributed by atoms with van der Waals surface area (Å²) >= 11 is 0. The molecule has 0 radical (unpaired) electrons. The van der Waals surface area contributed by atoms with Crippen LogP contribution in [0.4, 0.5) is 13.2 Å². The number of halogens is 3. The van der Waals surface area contributed by atoms with Crippen LogP contribution in [0, 0.1) is 39.0 Å². The van der Waals surface area contributed by atoms with E-state index in [2.05, 4.69) is 117 Å². The van der Waals surface area contributed by atoms with Crippen LogP contribution in [0.5, 0.6) is 0 Å². The van der Waals surface area contributed by atoms with Crippen LogP contribution in [0.15, 0.2) is 158 Å². The van der Waals surface area contributed by atoms with Gasteiger partial charge in [0.2, 0.25) is 0 Å². The van der Waals surface area contributed by atoms with E-state index in [1.807, 2.05) is 53.1 Å². The summed E-state index contributed by atoms with van der Waals surface area (Å²) < 4.78 is 49.1. The number of aryl methyl sites for hydroxylation is 4. The van der Waals surface area contributed by atoms with Crippen molar-refractivity contribution in [3.8, 4) is 50.8 Å². The number of nitrogens with zero attached hydrogens (tertiary/aromatic N) is 3. The van der Waals surface area contributed by atoms with Crippen molar-refractivity contribution in [1.82, 2.24) is 9.13 Å². The zero-order valence-electron chi connectivity index (χ0n) is 33.5. The summed E-state index contributed by atoms with van der Waals surface area (Å²) in [4.78, 5) is 0. The lowest BCUT2D eigenvalue weighted by Crippen LogP contribution is -2.10. The van der Waals surface area contributed by atoms with Crippen molar-refractivity contribution in [3.05, 3.63) is 191 Å². The van der Waals surface area contributed by atoms with Crippen LogP contribution >= 0.6 is 0 Å². The predicted molar refractivity (Wildman–Crippen MR) is 240 cm³/mol. The second kappa shape index (κ2) is 13.9. The first kappa shape index (κ1) is 36.9. The van der Waals surface area contributed by atoms with E-state index >= 15 is 13.2 Å². The summed E-state index contributed by atoms with van der Waals surface area (Å²) in [6.45, 7) is 8.34. The van der Waals surface area contributed by atoms with Crippen LogP contribution in [-0.4, -0.2) is 9.13 Å². The van der Waals surface area contributed by atoms with Crippen LogP contribution in [0.25, 0.3) is 88.4 Å². The summed E-state index contributed by atoms with van der Waals surface area (Å²) in [6, 6.07) is 53.3. The second-order valence-corrected chi connectivity index (χ2v) is 15.8. The van der Waals surface area contributed by atoms with E-state index in [0.717, 1.165) is 88.6 Å². The van der Waals surface area contributed by atoms with Crippen molar-refractivity contribution in [1.29, 1.82) is 5.26 Å². The summed E-state index contributed by atoms with van der Waals surface area (Å²) in [5, 5.41) is 15.4. The molecular formula is C54H38F3N3. The standard InChI is InChI=1S/C54H38F3N3/c1-32-17-21-38(34(3)27-32)36-19-23-43-41-12-6-9-15-48(41)59(51(43)29-36)50-26-25-45(40-11-5-8-14-47(40)54(55,56)57)53(46(50)31-58)60-49-16-10-7-13-42(49)44-24-20-37(30-52(44)60)39-22-18-33(2)28-35(39)4/h5-30H,1-4H3. The molecule has 2 heterocycles. The predicted octanol–water partition coefficient (Wildman–Crippen LogP) is 15.0. The Morgan fingerprint density at radius 1 is 0.450 bits per heavy atom. The third kappa shape index (κ3) is 5.80. The molecule has 2 aromatic heterocycles. The van der Waals surface area contributed by atoms with Gasteiger partial charge in [-0.2, -0.15) is 18.4 Å². The zero-order valence-corrected chi connectivity index (χ0v) is 33.5. The van der Waals surface area contributed by atoms with Crippen LogP contribution in [0.2, 0.25) is 0 Å². The van der Waals surface area contributed by atoms with E-state index in [0.29, 0.717) is 16.9 Å². The maximum absolute atomic E-state index is 15.0. The average molecular weight is 786 g/mol. The maximum Gasteiger partial charge on any atom is 0.417 e. The summed E-state index contributed by atoms with van der Waals surface area (Å²) in [6.07, 6.45) is -4.65. The second-order valence-electron chi connectivity index (χ2n) is 15.8. The van der Waals surface area contributed by atoms with Gasteiger partial charge < -0.3 is 9.13 Å². The van der Waals surface area contributed by atoms with Crippen LogP contribution < -0.4 is 0 Å². The van der Waals surface area contributed by atoms with Gasteiger partial charge in [-0.1, -0.05) is 132 Å². The molecule has 0 aliphatic heterocycles. The minimum atomic E-state index is -4.65. The molecule has 290 valence electrons. The Balaban J connectivity index is 1.36. The average Bonchev–Trinajstić information content (AvgIpc) is 3.74. The number of rotatable bonds is 5. The van der Waals surface area contributed by atoms with Gasteiger partial charge in [0.15, 0.2) is 0 Å². The topological polar surface area (TPSA) is 33.6 Å². The molecule has 3 nitrogen and oxygen atoms in total. The van der Waals surface area contributed by atoms with E-state index in [1.54, 1.807) is 12.1 Å². The van der Waals surface area contributed by atoms with Gasteiger partial charge >= 0.3 is 6.18 Å². The van der Waals surface area contributed by atoms with Gasteiger partial charge in [0.25, 0.3) is 0 Å². The lowest BCUT2D eigenvalue weighted by Gasteiger charge is -2.22. The highest BCUT2D eigenvalue weighted by Crippen LogP contribution is 2.46. The molecule has 0 saturated heterocycles. The highest BCUT2D eigenvalue weighted by Gasteiger charge is 2.35. The molecule has 10 rings (SSSR count). The SMILES string of the molecule is Cc1ccc(-c2ccc3c4ccccc4n(-c4ccc(-c5ccccc5C(F)(F)F)c(-n5c6ccccc6c6ccc(-c7ccc(C)cc7C)cc65)c4C#N)c3c2)c(C)c1. The quantitative estimate of drug-likeness (QED) is 0.171. The van der Waals surface area contributed by atoms with Crippen molar-refractivity contribution in [2.75, 3.05) is 0 Å². The molecule has 8 aromatic carbocycles. The minimum absolute atomic E-state index is 0.00105. The molecule has 0 fully saturated rings. The number of fused-ring (bicyclic) bond motifs is 6. The fraction of sp³-hybridized carbons (Fsp3) is 0.0926. The Labute approximate surface area is 345 Å². The first-order valence-corrected chi connectivity index (χ1v) is 20.0. The maximum atomic E-state index is 15.0. The van der Waals surface area contributed by atoms with Gasteiger partial charge in [-0.15, -0.1) is 0 Å². The largest absolute Gasteiger partial charge is 0.417 e. The number of hydrogen-bond acceptors (Lipinski definition) is 1. The first-order chi connectivity index (χ1) is 29.0. The number of alkyl halides is 3. The number of hydrogen-bond donors (Lipinski definition) is 0.